The van der Waals surface area contributed by atoms with Gasteiger partial charge in [0, 0.05) is 24.1 Å². The molecule has 10 heteroatoms. The lowest BCUT2D eigenvalue weighted by Gasteiger charge is -2.35. The van der Waals surface area contributed by atoms with Gasteiger partial charge in [0.25, 0.3) is 5.91 Å². The van der Waals surface area contributed by atoms with Gasteiger partial charge in [0.2, 0.25) is 5.91 Å². The van der Waals surface area contributed by atoms with E-state index >= 15 is 0 Å². The van der Waals surface area contributed by atoms with Crippen molar-refractivity contribution in [3.63, 3.8) is 0 Å². The Hall–Kier alpha value is -3.92. The van der Waals surface area contributed by atoms with Crippen LogP contribution in [-0.2, 0) is 15.7 Å². The molecule has 2 N–H and O–H groups in total. The Balaban J connectivity index is 1.43. The lowest BCUT2D eigenvalue weighted by molar-refractivity contribution is -0.141. The van der Waals surface area contributed by atoms with Crippen LogP contribution in [-0.4, -0.2) is 35.6 Å². The Bertz CT molecular complexity index is 1370. The van der Waals surface area contributed by atoms with Crippen LogP contribution in [0.25, 0.3) is 11.1 Å². The minimum absolute atomic E-state index is 0.136. The fraction of sp³-hybridized carbons (Fsp3) is 0.296. The molecule has 2 aliphatic rings. The van der Waals surface area contributed by atoms with Crippen LogP contribution in [0.1, 0.15) is 40.9 Å². The number of anilines is 2. The first-order valence-electron chi connectivity index (χ1n) is 11.8. The number of rotatable bonds is 3. The summed E-state index contributed by atoms with van der Waals surface area (Å²) < 4.78 is 51.0. The number of carbonyl (C=O) groups is 2. The van der Waals surface area contributed by atoms with E-state index in [1.165, 1.54) is 6.07 Å². The smallest absolute Gasteiger partial charge is 0.433 e. The molecular formula is C27H24F3N3O4. The number of amides is 2. The minimum Gasteiger partial charge on any atom is -0.482 e. The number of halogens is 3. The third-order valence-corrected chi connectivity index (χ3v) is 6.47. The molecule has 1 aromatic heterocycles. The minimum atomic E-state index is -4.65. The molecule has 5 rings (SSSR count). The van der Waals surface area contributed by atoms with E-state index in [9.17, 15) is 22.8 Å². The topological polar surface area (TPSA) is 89.6 Å². The quantitative estimate of drug-likeness (QED) is 0.478. The maximum absolute atomic E-state index is 13.0. The van der Waals surface area contributed by atoms with Gasteiger partial charge in [-0.15, -0.1) is 0 Å². The molecular weight excluding hydrogens is 487 g/mol. The number of hydrogen-bond donors (Lipinski definition) is 2. The third-order valence-electron chi connectivity index (χ3n) is 6.47. The van der Waals surface area contributed by atoms with Crippen LogP contribution in [0.4, 0.5) is 24.5 Å². The van der Waals surface area contributed by atoms with Gasteiger partial charge >= 0.3 is 6.18 Å². The molecule has 1 saturated heterocycles. The lowest BCUT2D eigenvalue weighted by Crippen LogP contribution is -2.45. The highest BCUT2D eigenvalue weighted by Crippen LogP contribution is 2.40. The van der Waals surface area contributed by atoms with E-state index < -0.39 is 23.4 Å². The molecule has 2 amide bonds. The summed E-state index contributed by atoms with van der Waals surface area (Å²) >= 11 is 0. The second kappa shape index (κ2) is 9.51. The summed E-state index contributed by atoms with van der Waals surface area (Å²) in [7, 11) is 0. The third kappa shape index (κ3) is 5.29. The number of aromatic nitrogens is 1. The number of nitrogens with zero attached hydrogens (tertiary/aromatic N) is 1. The van der Waals surface area contributed by atoms with E-state index in [-0.39, 0.29) is 17.9 Å². The van der Waals surface area contributed by atoms with Crippen molar-refractivity contribution in [2.24, 2.45) is 0 Å². The normalized spacial score (nSPS) is 19.4. The average molecular weight is 512 g/mol. The number of nitrogens with one attached hydrogen (secondary N) is 2. The summed E-state index contributed by atoms with van der Waals surface area (Å²) in [5.74, 6) is -0.295. The van der Waals surface area contributed by atoms with Gasteiger partial charge < -0.3 is 20.1 Å². The van der Waals surface area contributed by atoms with Crippen molar-refractivity contribution >= 4 is 23.2 Å². The van der Waals surface area contributed by atoms with Gasteiger partial charge in [0.15, 0.2) is 0 Å². The van der Waals surface area contributed by atoms with Crippen LogP contribution in [0.5, 0.6) is 5.75 Å². The molecule has 0 unspecified atom stereocenters. The molecule has 0 bridgehead atoms. The van der Waals surface area contributed by atoms with Crippen molar-refractivity contribution in [3.05, 3.63) is 71.5 Å². The Morgan fingerprint density at radius 2 is 1.97 bits per heavy atom. The second-order valence-electron chi connectivity index (χ2n) is 9.29. The highest BCUT2D eigenvalue weighted by atomic mass is 19.4. The molecule has 2 aliphatic heterocycles. The molecule has 2 aromatic carbocycles. The number of hydrogen-bond acceptors (Lipinski definition) is 5. The molecule has 7 nitrogen and oxygen atoms in total. The molecule has 0 radical (unpaired) electrons. The molecule has 1 spiro atoms. The van der Waals surface area contributed by atoms with Crippen LogP contribution in [0, 0.1) is 6.92 Å². The number of benzene rings is 2. The zero-order valence-corrected chi connectivity index (χ0v) is 19.9. The summed E-state index contributed by atoms with van der Waals surface area (Å²) in [6.07, 6.45) is -2.00. The summed E-state index contributed by atoms with van der Waals surface area (Å²) in [5.41, 5.74) is 1.46. The largest absolute Gasteiger partial charge is 0.482 e. The van der Waals surface area contributed by atoms with Crippen LogP contribution in [0.2, 0.25) is 0 Å². The van der Waals surface area contributed by atoms with Crippen LogP contribution in [0.15, 0.2) is 54.7 Å². The first-order chi connectivity index (χ1) is 17.6. The van der Waals surface area contributed by atoms with Gasteiger partial charge in [-0.2, -0.15) is 13.2 Å². The fourth-order valence-electron chi connectivity index (χ4n) is 4.62. The SMILES string of the molecule is Cc1ccc(NC(=O)c2ccnc(C(F)(F)F)c2)cc1-c1ccc2c(c1)O[C@]1(CCCOC1)CC(=O)N2. The van der Waals surface area contributed by atoms with E-state index in [4.69, 9.17) is 9.47 Å². The Labute approximate surface area is 211 Å². The Morgan fingerprint density at radius 1 is 1.14 bits per heavy atom. The molecule has 1 atom stereocenters. The van der Waals surface area contributed by atoms with E-state index in [1.54, 1.807) is 18.2 Å². The zero-order chi connectivity index (χ0) is 26.2. The highest BCUT2D eigenvalue weighted by molar-refractivity contribution is 6.04. The van der Waals surface area contributed by atoms with Crippen LogP contribution >= 0.6 is 0 Å². The molecule has 37 heavy (non-hydrogen) atoms. The number of alkyl halides is 3. The molecule has 192 valence electrons. The maximum atomic E-state index is 13.0. The first kappa shape index (κ1) is 24.8. The summed E-state index contributed by atoms with van der Waals surface area (Å²) in [6.45, 7) is 2.87. The van der Waals surface area contributed by atoms with Gasteiger partial charge in [-0.05, 0) is 72.9 Å². The molecule has 3 aromatic rings. The number of fused-ring (bicyclic) bond motifs is 1. The fourth-order valence-corrected chi connectivity index (χ4v) is 4.62. The van der Waals surface area contributed by atoms with Crippen molar-refractivity contribution in [2.75, 3.05) is 23.8 Å². The Kier molecular flexibility index (Phi) is 6.36. The van der Waals surface area contributed by atoms with E-state index in [1.807, 2.05) is 25.1 Å². The summed E-state index contributed by atoms with van der Waals surface area (Å²) in [6, 6.07) is 12.6. The van der Waals surface area contributed by atoms with E-state index in [0.29, 0.717) is 42.8 Å². The summed E-state index contributed by atoms with van der Waals surface area (Å²) in [4.78, 5) is 28.5. The average Bonchev–Trinajstić information content (AvgIpc) is 2.99. The molecule has 0 aliphatic carbocycles. The molecule has 0 saturated carbocycles. The van der Waals surface area contributed by atoms with Gasteiger partial charge in [0.05, 0.1) is 18.7 Å². The number of carbonyl (C=O) groups excluding carboxylic acids is 2. The van der Waals surface area contributed by atoms with Crippen molar-refractivity contribution in [2.45, 2.75) is 38.0 Å². The van der Waals surface area contributed by atoms with Gasteiger partial charge in [-0.3, -0.25) is 14.6 Å². The number of aryl methyl sites for hydroxylation is 1. The van der Waals surface area contributed by atoms with Gasteiger partial charge in [-0.25, -0.2) is 0 Å². The summed E-state index contributed by atoms with van der Waals surface area (Å²) in [5, 5.41) is 5.56. The lowest BCUT2D eigenvalue weighted by atomic mass is 9.92. The zero-order valence-electron chi connectivity index (χ0n) is 19.9. The molecule has 3 heterocycles. The van der Waals surface area contributed by atoms with Crippen LogP contribution < -0.4 is 15.4 Å². The number of ether oxygens (including phenoxy) is 2. The highest BCUT2D eigenvalue weighted by Gasteiger charge is 2.40. The number of pyridine rings is 1. The first-order valence-corrected chi connectivity index (χ1v) is 11.8. The molecule has 1 fully saturated rings. The van der Waals surface area contributed by atoms with E-state index in [2.05, 4.69) is 15.6 Å². The second-order valence-corrected chi connectivity index (χ2v) is 9.29. The predicted octanol–water partition coefficient (Wildman–Crippen LogP) is 5.60. The van der Waals surface area contributed by atoms with Crippen molar-refractivity contribution < 1.29 is 32.2 Å². The van der Waals surface area contributed by atoms with Gasteiger partial charge in [0.1, 0.15) is 17.0 Å². The van der Waals surface area contributed by atoms with Crippen molar-refractivity contribution in [1.82, 2.24) is 4.98 Å². The standard InChI is InChI=1S/C27H24F3N3O4/c1-16-3-5-19(32-25(35)18-7-9-31-23(12-18)27(28,29)30)13-20(16)17-4-6-21-22(11-17)37-26(14-24(34)33-21)8-2-10-36-15-26/h3-7,9,11-13H,2,8,10,14-15H2,1H3,(H,32,35)(H,33,34)/t26-/m1/s1. The van der Waals surface area contributed by atoms with E-state index in [0.717, 1.165) is 29.3 Å². The van der Waals surface area contributed by atoms with Gasteiger partial charge in [-0.1, -0.05) is 12.1 Å². The predicted molar refractivity (Wildman–Crippen MR) is 130 cm³/mol. The Morgan fingerprint density at radius 3 is 2.73 bits per heavy atom. The van der Waals surface area contributed by atoms with Crippen molar-refractivity contribution in [1.29, 1.82) is 0 Å². The monoisotopic (exact) mass is 511 g/mol. The van der Waals surface area contributed by atoms with Crippen LogP contribution in [0.3, 0.4) is 0 Å². The maximum Gasteiger partial charge on any atom is 0.433 e. The van der Waals surface area contributed by atoms with Crippen molar-refractivity contribution in [3.8, 4) is 16.9 Å².